The molecule has 2 aromatic rings. The van der Waals surface area contributed by atoms with Crippen molar-refractivity contribution >= 4 is 50.3 Å². The second-order valence-corrected chi connectivity index (χ2v) is 20.8. The van der Waals surface area contributed by atoms with Crippen molar-refractivity contribution < 1.29 is 51.0 Å². The third-order valence-electron chi connectivity index (χ3n) is 13.7. The van der Waals surface area contributed by atoms with Gasteiger partial charge in [-0.2, -0.15) is 0 Å². The van der Waals surface area contributed by atoms with E-state index < -0.39 is 85.6 Å². The fraction of sp³-hybridized carbons (Fsp3) is 0.651. The Bertz CT molecular complexity index is 2190. The molecule has 2 saturated carbocycles. The number of aromatic nitrogens is 1. The Kier molecular flexibility index (Phi) is 11.9. The molecule has 1 aromatic heterocycles. The topological polar surface area (TPSA) is 188 Å². The van der Waals surface area contributed by atoms with Crippen LogP contribution in [0.5, 0.6) is 5.88 Å². The average Bonchev–Trinajstić information content (AvgIpc) is 4.07. The molecular formula is C43H58F2N6O9S. The second kappa shape index (κ2) is 16.3. The minimum atomic E-state index is -4.09. The number of amides is 4. The number of nitrogens with one attached hydrogen (secondary N) is 2. The summed E-state index contributed by atoms with van der Waals surface area (Å²) in [7, 11) is -4.09. The van der Waals surface area contributed by atoms with E-state index in [-0.39, 0.29) is 31.2 Å². The maximum Gasteiger partial charge on any atom is 0.408 e. The molecule has 0 spiro atoms. The average molecular weight is 873 g/mol. The first-order valence-electron chi connectivity index (χ1n) is 21.2. The molecule has 334 valence electrons. The van der Waals surface area contributed by atoms with Gasteiger partial charge in [0.1, 0.15) is 29.3 Å². The highest BCUT2D eigenvalue weighted by Gasteiger charge is 2.63. The number of morpholine rings is 1. The van der Waals surface area contributed by atoms with Crippen LogP contribution in [0.1, 0.15) is 86.5 Å². The van der Waals surface area contributed by atoms with Gasteiger partial charge in [0.05, 0.1) is 24.5 Å². The van der Waals surface area contributed by atoms with Crippen molar-refractivity contribution in [1.29, 1.82) is 0 Å². The van der Waals surface area contributed by atoms with Gasteiger partial charge in [-0.25, -0.2) is 27.0 Å². The van der Waals surface area contributed by atoms with Gasteiger partial charge >= 0.3 is 6.09 Å². The molecule has 4 amide bonds. The Morgan fingerprint density at radius 3 is 2.44 bits per heavy atom. The Hall–Kier alpha value is -4.58. The molecule has 2 saturated heterocycles. The van der Waals surface area contributed by atoms with Crippen LogP contribution >= 0.6 is 0 Å². The number of halogens is 2. The zero-order chi connectivity index (χ0) is 44.3. The van der Waals surface area contributed by atoms with Crippen LogP contribution in [0.15, 0.2) is 42.6 Å². The quantitative estimate of drug-likeness (QED) is 0.285. The summed E-state index contributed by atoms with van der Waals surface area (Å²) >= 11 is 0. The zero-order valence-corrected chi connectivity index (χ0v) is 36.5. The number of allylic oxidation sites excluding steroid dienone is 1. The number of hydrogen-bond donors (Lipinski definition) is 3. The molecule has 18 heteroatoms. The van der Waals surface area contributed by atoms with Crippen LogP contribution in [0.2, 0.25) is 0 Å². The molecule has 2 aliphatic carbocycles. The summed E-state index contributed by atoms with van der Waals surface area (Å²) in [6.07, 6.45) is 4.76. The Morgan fingerprint density at radius 2 is 1.79 bits per heavy atom. The number of carboxylic acid groups (broad SMARTS) is 1. The number of hydrogen-bond acceptors (Lipinski definition) is 10. The largest absolute Gasteiger partial charge is 0.472 e. The number of ether oxygens (including phenoxy) is 2. The second-order valence-electron chi connectivity index (χ2n) is 18.6. The minimum absolute atomic E-state index is 0.0948. The molecule has 7 rings (SSSR count). The summed E-state index contributed by atoms with van der Waals surface area (Å²) in [6, 6.07) is 4.57. The molecule has 1 aromatic carbocycles. The van der Waals surface area contributed by atoms with Gasteiger partial charge in [-0.15, -0.1) is 0 Å². The van der Waals surface area contributed by atoms with E-state index >= 15 is 13.6 Å². The van der Waals surface area contributed by atoms with Gasteiger partial charge < -0.3 is 29.7 Å². The van der Waals surface area contributed by atoms with Crippen LogP contribution in [0.4, 0.5) is 19.3 Å². The standard InChI is InChI=1S/C43H58F2N6O9S/c1-26-10-7-8-11-28-24-43(28,38(54)48-61(57,58)41(5)15-16-41)47-35(52)33-23-29(60-36-31-12-9-13-32(30(31)14-17-46-36)49-18-20-59-21-19-49)25-50(33)37(53)34(27(2)22-26)51(39(55)56)40(3,4)42(6,44)45/h8-9,11-14,17,26-29,33-34H,7,10,15-16,18-25H2,1-6H3,(H,47,52)(H,48,54)(H,55,56)/t26-,27+,28+,29+,33-,34-,43+/m0/s1. The molecule has 5 aliphatic rings. The number of nitrogens with zero attached hydrogens (tertiary/aromatic N) is 4. The predicted octanol–water partition coefficient (Wildman–Crippen LogP) is 5.09. The molecule has 3 aliphatic heterocycles. The molecule has 4 heterocycles. The number of pyridine rings is 1. The number of anilines is 1. The molecule has 3 N–H and O–H groups in total. The number of benzene rings is 1. The number of carbonyl (C=O) groups excluding carboxylic acids is 3. The first-order chi connectivity index (χ1) is 28.6. The van der Waals surface area contributed by atoms with Crippen molar-refractivity contribution in [3.05, 3.63) is 42.6 Å². The van der Waals surface area contributed by atoms with Crippen molar-refractivity contribution in [1.82, 2.24) is 24.8 Å². The number of carbonyl (C=O) groups is 4. The lowest BCUT2D eigenvalue weighted by molar-refractivity contribution is -0.156. The number of rotatable bonds is 9. The van der Waals surface area contributed by atoms with Gasteiger partial charge in [0.2, 0.25) is 27.7 Å². The van der Waals surface area contributed by atoms with Gasteiger partial charge in [-0.3, -0.25) is 24.0 Å². The van der Waals surface area contributed by atoms with Crippen LogP contribution in [0.25, 0.3) is 10.8 Å². The fourth-order valence-electron chi connectivity index (χ4n) is 9.15. The first kappa shape index (κ1) is 44.5. The van der Waals surface area contributed by atoms with Crippen LogP contribution in [-0.4, -0.2) is 125 Å². The van der Waals surface area contributed by atoms with E-state index in [1.165, 1.54) is 4.90 Å². The molecule has 0 unspecified atom stereocenters. The molecule has 4 fully saturated rings. The number of sulfonamides is 1. The van der Waals surface area contributed by atoms with Crippen molar-refractivity contribution in [2.24, 2.45) is 17.8 Å². The Morgan fingerprint density at radius 1 is 1.08 bits per heavy atom. The molecule has 0 bridgehead atoms. The zero-order valence-electron chi connectivity index (χ0n) is 35.7. The third-order valence-corrected chi connectivity index (χ3v) is 15.9. The smallest absolute Gasteiger partial charge is 0.408 e. The van der Waals surface area contributed by atoms with Gasteiger partial charge in [-0.1, -0.05) is 32.1 Å². The Balaban J connectivity index is 1.28. The van der Waals surface area contributed by atoms with Crippen molar-refractivity contribution in [3.63, 3.8) is 0 Å². The van der Waals surface area contributed by atoms with E-state index in [4.69, 9.17) is 9.47 Å². The third kappa shape index (κ3) is 8.50. The maximum absolute atomic E-state index is 15.4. The van der Waals surface area contributed by atoms with E-state index in [1.54, 1.807) is 26.1 Å². The van der Waals surface area contributed by atoms with Gasteiger partial charge in [0, 0.05) is 55.0 Å². The lowest BCUT2D eigenvalue weighted by Gasteiger charge is -2.47. The molecular weight excluding hydrogens is 815 g/mol. The van der Waals surface area contributed by atoms with Crippen LogP contribution in [0, 0.1) is 17.8 Å². The summed E-state index contributed by atoms with van der Waals surface area (Å²) < 4.78 is 70.6. The lowest BCUT2D eigenvalue weighted by atomic mass is 9.84. The Labute approximate surface area is 355 Å². The van der Waals surface area contributed by atoms with E-state index in [0.29, 0.717) is 75.6 Å². The van der Waals surface area contributed by atoms with E-state index in [0.717, 1.165) is 24.9 Å². The summed E-state index contributed by atoms with van der Waals surface area (Å²) in [5.74, 6) is -7.35. The summed E-state index contributed by atoms with van der Waals surface area (Å²) in [6.45, 7) is 10.2. The van der Waals surface area contributed by atoms with E-state index in [1.807, 2.05) is 37.3 Å². The lowest BCUT2D eigenvalue weighted by Crippen LogP contribution is -2.66. The van der Waals surface area contributed by atoms with Gasteiger partial charge in [-0.05, 0) is 89.3 Å². The monoisotopic (exact) mass is 872 g/mol. The highest BCUT2D eigenvalue weighted by molar-refractivity contribution is 7.91. The van der Waals surface area contributed by atoms with Crippen LogP contribution in [-0.2, 0) is 29.1 Å². The SMILES string of the molecule is C[C@H]1CCC=C[C@@H]2C[C@@]2(C(=O)NS(=O)(=O)C2(C)CC2)NC(=O)[C@@H]2C[C@@H](Oc3nccc4c(N5CCOCC5)cccc34)CN2C(=O)[C@@H](N(C(=O)O)C(C)(C)C(C)(F)F)[C@H](C)C1. The molecule has 0 radical (unpaired) electrons. The molecule has 7 atom stereocenters. The van der Waals surface area contributed by atoms with Crippen molar-refractivity contribution in [2.75, 3.05) is 37.7 Å². The van der Waals surface area contributed by atoms with Gasteiger partial charge in [0.15, 0.2) is 0 Å². The predicted molar refractivity (Wildman–Crippen MR) is 223 cm³/mol. The normalized spacial score (nSPS) is 29.7. The highest BCUT2D eigenvalue weighted by atomic mass is 32.2. The summed E-state index contributed by atoms with van der Waals surface area (Å²) in [4.78, 5) is 65.6. The minimum Gasteiger partial charge on any atom is -0.472 e. The maximum atomic E-state index is 15.4. The van der Waals surface area contributed by atoms with Crippen LogP contribution in [0.3, 0.4) is 0 Å². The summed E-state index contributed by atoms with van der Waals surface area (Å²) in [5, 5.41) is 15.0. The summed E-state index contributed by atoms with van der Waals surface area (Å²) in [5.41, 5.74) is -3.08. The molecule has 61 heavy (non-hydrogen) atoms. The van der Waals surface area contributed by atoms with Gasteiger partial charge in [0.25, 0.3) is 11.8 Å². The van der Waals surface area contributed by atoms with E-state index in [2.05, 4.69) is 19.9 Å². The number of alkyl halides is 2. The molecule has 15 nitrogen and oxygen atoms in total. The fourth-order valence-corrected chi connectivity index (χ4v) is 10.5. The van der Waals surface area contributed by atoms with Crippen molar-refractivity contribution in [2.45, 2.75) is 126 Å². The van der Waals surface area contributed by atoms with Crippen molar-refractivity contribution in [3.8, 4) is 5.88 Å². The first-order valence-corrected chi connectivity index (χ1v) is 22.7. The highest BCUT2D eigenvalue weighted by Crippen LogP contribution is 2.48. The van der Waals surface area contributed by atoms with E-state index in [9.17, 15) is 27.9 Å². The number of fused-ring (bicyclic) bond motifs is 3. The van der Waals surface area contributed by atoms with Crippen LogP contribution < -0.4 is 19.7 Å².